The van der Waals surface area contributed by atoms with E-state index in [4.69, 9.17) is 4.74 Å². The first-order valence-electron chi connectivity index (χ1n) is 7.08. The monoisotopic (exact) mass is 261 g/mol. The third kappa shape index (κ3) is 3.57. The second-order valence-electron chi connectivity index (χ2n) is 5.26. The predicted molar refractivity (Wildman–Crippen MR) is 76.5 cm³/mol. The fraction of sp³-hybridized carbons (Fsp3) is 0.562. The van der Waals surface area contributed by atoms with Crippen molar-refractivity contribution in [3.05, 3.63) is 29.8 Å². The Morgan fingerprint density at radius 2 is 1.95 bits per heavy atom. The number of piperidine rings is 1. The Hall–Kier alpha value is -1.35. The molecule has 19 heavy (non-hydrogen) atoms. The fourth-order valence-corrected chi connectivity index (χ4v) is 2.88. The fourth-order valence-electron chi connectivity index (χ4n) is 2.88. The van der Waals surface area contributed by atoms with Crippen LogP contribution in [0.3, 0.4) is 0 Å². The van der Waals surface area contributed by atoms with Crippen LogP contribution in [-0.2, 0) is 4.79 Å². The SMILES string of the molecule is COc1ccccc1C(CC(C)=O)N1CCCCC1. The summed E-state index contributed by atoms with van der Waals surface area (Å²) in [5, 5.41) is 0. The van der Waals surface area contributed by atoms with Gasteiger partial charge in [-0.15, -0.1) is 0 Å². The maximum absolute atomic E-state index is 11.6. The van der Waals surface area contributed by atoms with Crippen molar-refractivity contribution in [1.82, 2.24) is 4.90 Å². The van der Waals surface area contributed by atoms with E-state index in [1.54, 1.807) is 14.0 Å². The molecular weight excluding hydrogens is 238 g/mol. The van der Waals surface area contributed by atoms with E-state index in [9.17, 15) is 4.79 Å². The Morgan fingerprint density at radius 1 is 1.26 bits per heavy atom. The number of nitrogens with zero attached hydrogens (tertiary/aromatic N) is 1. The molecule has 1 atom stereocenters. The molecule has 1 fully saturated rings. The summed E-state index contributed by atoms with van der Waals surface area (Å²) in [6, 6.07) is 8.22. The molecule has 0 aromatic heterocycles. The van der Waals surface area contributed by atoms with Gasteiger partial charge >= 0.3 is 0 Å². The highest BCUT2D eigenvalue weighted by molar-refractivity contribution is 5.76. The molecule has 1 heterocycles. The van der Waals surface area contributed by atoms with Gasteiger partial charge in [0.05, 0.1) is 7.11 Å². The van der Waals surface area contributed by atoms with Gasteiger partial charge in [-0.1, -0.05) is 24.6 Å². The molecule has 1 unspecified atom stereocenters. The number of ketones is 1. The molecule has 104 valence electrons. The van der Waals surface area contributed by atoms with Gasteiger partial charge in [-0.05, 0) is 38.9 Å². The molecule has 3 heteroatoms. The van der Waals surface area contributed by atoms with Crippen LogP contribution in [0.15, 0.2) is 24.3 Å². The van der Waals surface area contributed by atoms with Crippen LogP contribution in [0.4, 0.5) is 0 Å². The lowest BCUT2D eigenvalue weighted by Gasteiger charge is -2.35. The summed E-state index contributed by atoms with van der Waals surface area (Å²) in [4.78, 5) is 14.0. The first kappa shape index (κ1) is 14.1. The lowest BCUT2D eigenvalue weighted by Crippen LogP contribution is -2.34. The average Bonchev–Trinajstić information content (AvgIpc) is 2.45. The van der Waals surface area contributed by atoms with Crippen LogP contribution in [0, 0.1) is 0 Å². The third-order valence-corrected chi connectivity index (χ3v) is 3.81. The van der Waals surface area contributed by atoms with E-state index in [2.05, 4.69) is 11.0 Å². The summed E-state index contributed by atoms with van der Waals surface area (Å²) < 4.78 is 5.46. The zero-order valence-corrected chi connectivity index (χ0v) is 11.9. The topological polar surface area (TPSA) is 29.5 Å². The Kier molecular flexibility index (Phi) is 4.97. The van der Waals surface area contributed by atoms with Gasteiger partial charge in [0.2, 0.25) is 0 Å². The Balaban J connectivity index is 2.27. The molecule has 0 saturated carbocycles. The molecule has 1 aromatic rings. The first-order valence-corrected chi connectivity index (χ1v) is 7.08. The standard InChI is InChI=1S/C16H23NO2/c1-13(18)12-15(17-10-6-3-7-11-17)14-8-4-5-9-16(14)19-2/h4-5,8-9,15H,3,6-7,10-12H2,1-2H3. The number of benzene rings is 1. The van der Waals surface area contributed by atoms with E-state index in [0.29, 0.717) is 6.42 Å². The lowest BCUT2D eigenvalue weighted by atomic mass is 9.96. The van der Waals surface area contributed by atoms with Crippen LogP contribution >= 0.6 is 0 Å². The van der Waals surface area contributed by atoms with Gasteiger partial charge in [-0.25, -0.2) is 0 Å². The van der Waals surface area contributed by atoms with Crippen LogP contribution in [0.1, 0.15) is 44.2 Å². The van der Waals surface area contributed by atoms with Crippen molar-refractivity contribution in [2.75, 3.05) is 20.2 Å². The van der Waals surface area contributed by atoms with E-state index >= 15 is 0 Å². The van der Waals surface area contributed by atoms with Crippen molar-refractivity contribution in [1.29, 1.82) is 0 Å². The van der Waals surface area contributed by atoms with Crippen LogP contribution in [0.5, 0.6) is 5.75 Å². The second-order valence-corrected chi connectivity index (χ2v) is 5.26. The Morgan fingerprint density at radius 3 is 2.58 bits per heavy atom. The van der Waals surface area contributed by atoms with Gasteiger partial charge in [0.15, 0.2) is 0 Å². The number of carbonyl (C=O) groups excluding carboxylic acids is 1. The number of rotatable bonds is 5. The van der Waals surface area contributed by atoms with Gasteiger partial charge in [0, 0.05) is 18.0 Å². The van der Waals surface area contributed by atoms with E-state index in [-0.39, 0.29) is 11.8 Å². The van der Waals surface area contributed by atoms with Gasteiger partial charge < -0.3 is 4.74 Å². The van der Waals surface area contributed by atoms with Crippen molar-refractivity contribution in [3.63, 3.8) is 0 Å². The van der Waals surface area contributed by atoms with Crippen molar-refractivity contribution >= 4 is 5.78 Å². The van der Waals surface area contributed by atoms with Gasteiger partial charge in [0.25, 0.3) is 0 Å². The number of likely N-dealkylation sites (tertiary alicyclic amines) is 1. The highest BCUT2D eigenvalue weighted by atomic mass is 16.5. The smallest absolute Gasteiger partial charge is 0.131 e. The second kappa shape index (κ2) is 6.71. The molecule has 1 aliphatic rings. The molecule has 1 aromatic carbocycles. The van der Waals surface area contributed by atoms with Crippen LogP contribution in [-0.4, -0.2) is 30.9 Å². The molecule has 2 rings (SSSR count). The minimum absolute atomic E-state index is 0.161. The Labute approximate surface area is 115 Å². The van der Waals surface area contributed by atoms with Gasteiger partial charge in [-0.3, -0.25) is 9.69 Å². The summed E-state index contributed by atoms with van der Waals surface area (Å²) in [5.74, 6) is 1.13. The molecule has 1 saturated heterocycles. The number of methoxy groups -OCH3 is 1. The zero-order chi connectivity index (χ0) is 13.7. The number of hydrogen-bond acceptors (Lipinski definition) is 3. The molecule has 0 radical (unpaired) electrons. The highest BCUT2D eigenvalue weighted by Crippen LogP contribution is 2.33. The minimum atomic E-state index is 0.161. The predicted octanol–water partition coefficient (Wildman–Crippen LogP) is 3.20. The Bertz CT molecular complexity index is 425. The lowest BCUT2D eigenvalue weighted by molar-refractivity contribution is -0.118. The maximum Gasteiger partial charge on any atom is 0.131 e. The number of carbonyl (C=O) groups is 1. The van der Waals surface area contributed by atoms with E-state index < -0.39 is 0 Å². The van der Waals surface area contributed by atoms with Crippen LogP contribution < -0.4 is 4.74 Å². The summed E-state index contributed by atoms with van der Waals surface area (Å²) in [6.45, 7) is 3.83. The molecule has 0 spiro atoms. The highest BCUT2D eigenvalue weighted by Gasteiger charge is 2.25. The van der Waals surface area contributed by atoms with Crippen molar-refractivity contribution < 1.29 is 9.53 Å². The largest absolute Gasteiger partial charge is 0.496 e. The molecule has 0 aliphatic carbocycles. The van der Waals surface area contributed by atoms with Crippen molar-refractivity contribution in [3.8, 4) is 5.75 Å². The molecule has 0 amide bonds. The average molecular weight is 261 g/mol. The van der Waals surface area contributed by atoms with Gasteiger partial charge in [0.1, 0.15) is 11.5 Å². The summed E-state index contributed by atoms with van der Waals surface area (Å²) in [6.07, 6.45) is 4.32. The summed E-state index contributed by atoms with van der Waals surface area (Å²) in [5.41, 5.74) is 1.14. The van der Waals surface area contributed by atoms with Crippen molar-refractivity contribution in [2.24, 2.45) is 0 Å². The molecule has 1 aliphatic heterocycles. The van der Waals surface area contributed by atoms with Gasteiger partial charge in [-0.2, -0.15) is 0 Å². The minimum Gasteiger partial charge on any atom is -0.496 e. The van der Waals surface area contributed by atoms with Crippen LogP contribution in [0.25, 0.3) is 0 Å². The molecule has 0 bridgehead atoms. The molecule has 0 N–H and O–H groups in total. The quantitative estimate of drug-likeness (QED) is 0.815. The van der Waals surface area contributed by atoms with E-state index in [0.717, 1.165) is 24.4 Å². The third-order valence-electron chi connectivity index (χ3n) is 3.81. The summed E-state index contributed by atoms with van der Waals surface area (Å²) >= 11 is 0. The number of ether oxygens (including phenoxy) is 1. The number of Topliss-reactive ketones (excluding diaryl/α,β-unsaturated/α-hetero) is 1. The molecular formula is C16H23NO2. The first-order chi connectivity index (χ1) is 9.22. The normalized spacial score (nSPS) is 18.0. The van der Waals surface area contributed by atoms with E-state index in [1.165, 1.54) is 19.3 Å². The summed E-state index contributed by atoms with van der Waals surface area (Å²) in [7, 11) is 1.69. The number of hydrogen-bond donors (Lipinski definition) is 0. The molecule has 3 nitrogen and oxygen atoms in total. The zero-order valence-electron chi connectivity index (χ0n) is 11.9. The number of para-hydroxylation sites is 1. The van der Waals surface area contributed by atoms with E-state index in [1.807, 2.05) is 18.2 Å². The maximum atomic E-state index is 11.6. The van der Waals surface area contributed by atoms with Crippen LogP contribution in [0.2, 0.25) is 0 Å². The van der Waals surface area contributed by atoms with Crippen molar-refractivity contribution in [2.45, 2.75) is 38.6 Å².